The third-order valence-electron chi connectivity index (χ3n) is 2.81. The lowest BCUT2D eigenvalue weighted by atomic mass is 10.1. The highest BCUT2D eigenvalue weighted by Crippen LogP contribution is 2.48. The molecule has 0 aromatic heterocycles. The van der Waals surface area contributed by atoms with Crippen LogP contribution in [0.2, 0.25) is 0 Å². The molecule has 74 valence electrons. The molecule has 0 unspecified atom stereocenters. The maximum atomic E-state index is 3.74. The van der Waals surface area contributed by atoms with Gasteiger partial charge in [0.15, 0.2) is 0 Å². The Morgan fingerprint density at radius 2 is 1.60 bits per heavy atom. The lowest BCUT2D eigenvalue weighted by Gasteiger charge is -2.03. The second-order valence-electron chi connectivity index (χ2n) is 3.68. The predicted octanol–water partition coefficient (Wildman–Crippen LogP) is 4.91. The molecule has 0 saturated carbocycles. The zero-order chi connectivity index (χ0) is 10.4. The van der Waals surface area contributed by atoms with Gasteiger partial charge in [-0.25, -0.2) is 0 Å². The molecule has 0 N–H and O–H groups in total. The van der Waals surface area contributed by atoms with E-state index in [9.17, 15) is 0 Å². The first kappa shape index (κ1) is 9.61. The third kappa shape index (κ3) is 1.39. The predicted molar refractivity (Wildman–Crippen MR) is 70.3 cm³/mol. The van der Waals surface area contributed by atoms with Crippen LogP contribution in [0.4, 0.5) is 0 Å². The number of hydrogen-bond acceptors (Lipinski definition) is 0. The molecule has 2 aromatic carbocycles. The van der Waals surface area contributed by atoms with E-state index >= 15 is 0 Å². The van der Waals surface area contributed by atoms with E-state index in [2.05, 4.69) is 74.3 Å². The summed E-state index contributed by atoms with van der Waals surface area (Å²) in [4.78, 5) is 0.344. The van der Waals surface area contributed by atoms with Gasteiger partial charge in [0.05, 0.1) is 4.83 Å². The first-order valence-corrected chi connectivity index (χ1v) is 6.51. The van der Waals surface area contributed by atoms with Crippen molar-refractivity contribution in [3.05, 3.63) is 58.1 Å². The van der Waals surface area contributed by atoms with Crippen molar-refractivity contribution in [3.63, 3.8) is 0 Å². The lowest BCUT2D eigenvalue weighted by molar-refractivity contribution is 1.24. The van der Waals surface area contributed by atoms with Crippen LogP contribution in [-0.2, 0) is 0 Å². The maximum absolute atomic E-state index is 3.74. The molecule has 2 heteroatoms. The average Bonchev–Trinajstić information content (AvgIpc) is 2.54. The molecule has 15 heavy (non-hydrogen) atoms. The summed E-state index contributed by atoms with van der Waals surface area (Å²) in [7, 11) is 0. The topological polar surface area (TPSA) is 0 Å². The highest BCUT2D eigenvalue weighted by molar-refractivity contribution is 9.10. The van der Waals surface area contributed by atoms with Gasteiger partial charge in [0.2, 0.25) is 0 Å². The van der Waals surface area contributed by atoms with E-state index in [-0.39, 0.29) is 0 Å². The van der Waals surface area contributed by atoms with Crippen LogP contribution in [0.25, 0.3) is 11.1 Å². The van der Waals surface area contributed by atoms with E-state index in [1.54, 1.807) is 0 Å². The summed E-state index contributed by atoms with van der Waals surface area (Å²) in [5, 5.41) is 0. The summed E-state index contributed by atoms with van der Waals surface area (Å²) in [5.74, 6) is 0. The van der Waals surface area contributed by atoms with Crippen molar-refractivity contribution in [1.29, 1.82) is 0 Å². The van der Waals surface area contributed by atoms with E-state index in [4.69, 9.17) is 0 Å². The number of hydrogen-bond donors (Lipinski definition) is 0. The monoisotopic (exact) mass is 322 g/mol. The number of halogens is 2. The van der Waals surface area contributed by atoms with Crippen molar-refractivity contribution in [3.8, 4) is 11.1 Å². The quantitative estimate of drug-likeness (QED) is 0.604. The normalized spacial score (nSPS) is 17.3. The average molecular weight is 324 g/mol. The molecule has 1 aliphatic carbocycles. The number of rotatable bonds is 0. The van der Waals surface area contributed by atoms with Gasteiger partial charge in [-0.05, 0) is 34.4 Å². The Bertz CT molecular complexity index is 532. The lowest BCUT2D eigenvalue weighted by Crippen LogP contribution is -1.84. The Hall–Kier alpha value is -0.600. The van der Waals surface area contributed by atoms with Crippen LogP contribution in [0.5, 0.6) is 0 Å². The smallest absolute Gasteiger partial charge is 0.0656 e. The van der Waals surface area contributed by atoms with Gasteiger partial charge in [-0.1, -0.05) is 62.2 Å². The summed E-state index contributed by atoms with van der Waals surface area (Å²) in [6.45, 7) is 0. The van der Waals surface area contributed by atoms with Gasteiger partial charge in [-0.3, -0.25) is 0 Å². The largest absolute Gasteiger partial charge is 0.0786 e. The Balaban J connectivity index is 2.34. The fraction of sp³-hybridized carbons (Fsp3) is 0.0769. The van der Waals surface area contributed by atoms with Crippen LogP contribution in [0.3, 0.4) is 0 Å². The molecular formula is C13H8Br2. The molecule has 0 radical (unpaired) electrons. The Labute approximate surface area is 106 Å². The SMILES string of the molecule is Brc1ccc2c(c1)-c1ccccc1[C@H]2Br. The van der Waals surface area contributed by atoms with Crippen molar-refractivity contribution in [2.24, 2.45) is 0 Å². The molecule has 1 atom stereocenters. The van der Waals surface area contributed by atoms with Gasteiger partial charge >= 0.3 is 0 Å². The molecular weight excluding hydrogens is 316 g/mol. The Morgan fingerprint density at radius 1 is 0.867 bits per heavy atom. The molecule has 3 rings (SSSR count). The van der Waals surface area contributed by atoms with Crippen LogP contribution in [0, 0.1) is 0 Å². The number of fused-ring (bicyclic) bond motifs is 3. The summed E-state index contributed by atoms with van der Waals surface area (Å²) >= 11 is 7.27. The standard InChI is InChI=1S/C13H8Br2/c14-8-5-6-11-12(7-8)9-3-1-2-4-10(9)13(11)15/h1-7,13H/t13-/m1/s1. The molecule has 0 aliphatic heterocycles. The summed E-state index contributed by atoms with van der Waals surface area (Å²) in [5.41, 5.74) is 5.41. The summed E-state index contributed by atoms with van der Waals surface area (Å²) in [6.07, 6.45) is 0. The van der Waals surface area contributed by atoms with Gasteiger partial charge in [0, 0.05) is 4.47 Å². The second-order valence-corrected chi connectivity index (χ2v) is 5.51. The minimum atomic E-state index is 0.344. The fourth-order valence-corrected chi connectivity index (χ4v) is 3.27. The zero-order valence-corrected chi connectivity index (χ0v) is 11.0. The van der Waals surface area contributed by atoms with Crippen LogP contribution in [-0.4, -0.2) is 0 Å². The fourth-order valence-electron chi connectivity index (χ4n) is 2.11. The van der Waals surface area contributed by atoms with Gasteiger partial charge in [-0.15, -0.1) is 0 Å². The molecule has 0 bridgehead atoms. The number of benzene rings is 2. The van der Waals surface area contributed by atoms with Crippen LogP contribution in [0.1, 0.15) is 16.0 Å². The van der Waals surface area contributed by atoms with Crippen molar-refractivity contribution < 1.29 is 0 Å². The second kappa shape index (κ2) is 3.46. The van der Waals surface area contributed by atoms with Gasteiger partial charge in [-0.2, -0.15) is 0 Å². The maximum Gasteiger partial charge on any atom is 0.0656 e. The van der Waals surface area contributed by atoms with Gasteiger partial charge < -0.3 is 0 Å². The van der Waals surface area contributed by atoms with E-state index in [0.29, 0.717) is 4.83 Å². The molecule has 0 nitrogen and oxygen atoms in total. The van der Waals surface area contributed by atoms with Gasteiger partial charge in [0.25, 0.3) is 0 Å². The third-order valence-corrected chi connectivity index (χ3v) is 4.29. The summed E-state index contributed by atoms with van der Waals surface area (Å²) < 4.78 is 1.14. The number of alkyl halides is 1. The summed E-state index contributed by atoms with van der Waals surface area (Å²) in [6, 6.07) is 15.0. The Morgan fingerprint density at radius 3 is 2.47 bits per heavy atom. The molecule has 0 amide bonds. The molecule has 0 spiro atoms. The molecule has 0 fully saturated rings. The highest BCUT2D eigenvalue weighted by Gasteiger charge is 2.25. The van der Waals surface area contributed by atoms with E-state index in [1.165, 1.54) is 22.3 Å². The molecule has 0 heterocycles. The van der Waals surface area contributed by atoms with Crippen LogP contribution < -0.4 is 0 Å². The first-order chi connectivity index (χ1) is 7.27. The minimum Gasteiger partial charge on any atom is -0.0786 e. The van der Waals surface area contributed by atoms with Crippen molar-refractivity contribution in [2.45, 2.75) is 4.83 Å². The van der Waals surface area contributed by atoms with Crippen LogP contribution >= 0.6 is 31.9 Å². The zero-order valence-electron chi connectivity index (χ0n) is 7.87. The van der Waals surface area contributed by atoms with Crippen LogP contribution in [0.15, 0.2) is 46.9 Å². The molecule has 0 saturated heterocycles. The van der Waals surface area contributed by atoms with E-state index in [0.717, 1.165) is 4.47 Å². The first-order valence-electron chi connectivity index (χ1n) is 4.80. The Kier molecular flexibility index (Phi) is 2.22. The highest BCUT2D eigenvalue weighted by atomic mass is 79.9. The molecule has 2 aromatic rings. The van der Waals surface area contributed by atoms with Gasteiger partial charge in [0.1, 0.15) is 0 Å². The minimum absolute atomic E-state index is 0.344. The van der Waals surface area contributed by atoms with Crippen molar-refractivity contribution >= 4 is 31.9 Å². The van der Waals surface area contributed by atoms with E-state index < -0.39 is 0 Å². The van der Waals surface area contributed by atoms with Crippen molar-refractivity contribution in [2.75, 3.05) is 0 Å². The van der Waals surface area contributed by atoms with E-state index in [1.807, 2.05) is 0 Å². The van der Waals surface area contributed by atoms with Crippen molar-refractivity contribution in [1.82, 2.24) is 0 Å². The molecule has 1 aliphatic rings.